The van der Waals surface area contributed by atoms with Crippen LogP contribution < -0.4 is 24.8 Å². The number of hydrogen-bond acceptors (Lipinski definition) is 9. The minimum absolute atomic E-state index is 0.339. The third-order valence-electron chi connectivity index (χ3n) is 6.03. The Kier molecular flexibility index (Phi) is 9.50. The first-order valence-corrected chi connectivity index (χ1v) is 12.6. The maximum absolute atomic E-state index is 9.74. The van der Waals surface area contributed by atoms with Crippen LogP contribution in [0.2, 0.25) is 10.0 Å². The van der Waals surface area contributed by atoms with E-state index in [9.17, 15) is 5.26 Å². The molecule has 1 fully saturated rings. The minimum atomic E-state index is 0.339. The van der Waals surface area contributed by atoms with Crippen LogP contribution in [-0.2, 0) is 4.74 Å². The number of aromatic nitrogens is 1. The average Bonchev–Trinajstić information content (AvgIpc) is 2.92. The molecule has 0 amide bonds. The number of rotatable bonds is 11. The summed E-state index contributed by atoms with van der Waals surface area (Å²) in [5.41, 5.74) is 1.94. The van der Waals surface area contributed by atoms with Gasteiger partial charge in [0.1, 0.15) is 23.9 Å². The Hall–Kier alpha value is -3.00. The van der Waals surface area contributed by atoms with E-state index in [1.807, 2.05) is 6.07 Å². The van der Waals surface area contributed by atoms with Crippen molar-refractivity contribution in [1.82, 2.24) is 15.2 Å². The van der Waals surface area contributed by atoms with Crippen molar-refractivity contribution in [3.8, 4) is 23.3 Å². The van der Waals surface area contributed by atoms with E-state index in [1.54, 1.807) is 25.3 Å². The molecule has 0 aliphatic carbocycles. The summed E-state index contributed by atoms with van der Waals surface area (Å²) in [6, 6.07) is 9.05. The summed E-state index contributed by atoms with van der Waals surface area (Å²) in [6.45, 7) is 6.52. The number of pyridine rings is 1. The second-order valence-corrected chi connectivity index (χ2v) is 9.11. The van der Waals surface area contributed by atoms with Crippen molar-refractivity contribution in [3.05, 3.63) is 46.1 Å². The first kappa shape index (κ1) is 27.0. The molecule has 0 bridgehead atoms. The van der Waals surface area contributed by atoms with Gasteiger partial charge in [0.05, 0.1) is 54.4 Å². The van der Waals surface area contributed by atoms with Crippen LogP contribution in [0.3, 0.4) is 0 Å². The molecule has 3 aromatic rings. The van der Waals surface area contributed by atoms with Gasteiger partial charge in [0.2, 0.25) is 0 Å². The summed E-state index contributed by atoms with van der Waals surface area (Å²) in [5, 5.41) is 17.8. The number of ether oxygens (including phenoxy) is 4. The van der Waals surface area contributed by atoms with Crippen molar-refractivity contribution >= 4 is 45.5 Å². The summed E-state index contributed by atoms with van der Waals surface area (Å²) >= 11 is 12.6. The van der Waals surface area contributed by atoms with Gasteiger partial charge in [0, 0.05) is 50.4 Å². The van der Waals surface area contributed by atoms with Gasteiger partial charge in [-0.3, -0.25) is 9.88 Å². The minimum Gasteiger partial charge on any atom is -0.495 e. The van der Waals surface area contributed by atoms with Crippen molar-refractivity contribution in [2.24, 2.45) is 0 Å². The van der Waals surface area contributed by atoms with Crippen LogP contribution in [0, 0.1) is 11.3 Å². The van der Waals surface area contributed by atoms with E-state index in [0.717, 1.165) is 32.7 Å². The number of nitrogens with zero attached hydrogens (tertiary/aromatic N) is 3. The predicted octanol–water partition coefficient (Wildman–Crippen LogP) is 4.47. The molecule has 0 saturated carbocycles. The SMILES string of the molecule is COc1cc(Nc2c(C#N)cnc3c(OC)c(OCCOCCN4CCNCC4)ccc23)c(Cl)cc1Cl. The van der Waals surface area contributed by atoms with Crippen molar-refractivity contribution in [1.29, 1.82) is 5.26 Å². The predicted molar refractivity (Wildman–Crippen MR) is 145 cm³/mol. The number of fused-ring (bicyclic) bond motifs is 1. The fourth-order valence-electron chi connectivity index (χ4n) is 4.11. The zero-order chi connectivity index (χ0) is 26.2. The lowest BCUT2D eigenvalue weighted by atomic mass is 10.1. The number of halogens is 2. The van der Waals surface area contributed by atoms with Gasteiger partial charge in [0.25, 0.3) is 0 Å². The highest BCUT2D eigenvalue weighted by Gasteiger charge is 2.18. The third kappa shape index (κ3) is 6.47. The zero-order valence-electron chi connectivity index (χ0n) is 20.8. The molecule has 11 heteroatoms. The number of piperazine rings is 1. The highest BCUT2D eigenvalue weighted by molar-refractivity contribution is 6.37. The Morgan fingerprint density at radius 1 is 1.05 bits per heavy atom. The van der Waals surface area contributed by atoms with Gasteiger partial charge in [-0.1, -0.05) is 23.2 Å². The van der Waals surface area contributed by atoms with Crippen LogP contribution >= 0.6 is 23.2 Å². The van der Waals surface area contributed by atoms with Crippen LogP contribution in [0.5, 0.6) is 17.2 Å². The van der Waals surface area contributed by atoms with Crippen molar-refractivity contribution < 1.29 is 18.9 Å². The fraction of sp³-hybridized carbons (Fsp3) is 0.385. The molecule has 0 spiro atoms. The lowest BCUT2D eigenvalue weighted by molar-refractivity contribution is 0.0761. The molecule has 4 rings (SSSR count). The fourth-order valence-corrected chi connectivity index (χ4v) is 4.62. The Labute approximate surface area is 226 Å². The maximum Gasteiger partial charge on any atom is 0.187 e. The third-order valence-corrected chi connectivity index (χ3v) is 6.64. The largest absolute Gasteiger partial charge is 0.495 e. The van der Waals surface area contributed by atoms with Crippen LogP contribution in [-0.4, -0.2) is 76.6 Å². The van der Waals surface area contributed by atoms with Crippen molar-refractivity contribution in [2.75, 3.05) is 72.1 Å². The summed E-state index contributed by atoms with van der Waals surface area (Å²) < 4.78 is 22.7. The second kappa shape index (κ2) is 13.0. The number of hydrogen-bond donors (Lipinski definition) is 2. The van der Waals surface area contributed by atoms with Gasteiger partial charge in [-0.2, -0.15) is 5.26 Å². The molecule has 1 aliphatic heterocycles. The van der Waals surface area contributed by atoms with Gasteiger partial charge in [0.15, 0.2) is 11.5 Å². The molecular weight excluding hydrogens is 517 g/mol. The Morgan fingerprint density at radius 3 is 2.59 bits per heavy atom. The van der Waals surface area contributed by atoms with E-state index < -0.39 is 0 Å². The monoisotopic (exact) mass is 545 g/mol. The Bertz CT molecular complexity index is 1280. The molecule has 2 heterocycles. The lowest BCUT2D eigenvalue weighted by Crippen LogP contribution is -2.44. The van der Waals surface area contributed by atoms with E-state index in [-0.39, 0.29) is 0 Å². The van der Waals surface area contributed by atoms with E-state index in [4.69, 9.17) is 42.1 Å². The topological polar surface area (TPSA) is 101 Å². The summed E-state index contributed by atoms with van der Waals surface area (Å²) in [6.07, 6.45) is 1.48. The first-order chi connectivity index (χ1) is 18.0. The maximum atomic E-state index is 9.74. The summed E-state index contributed by atoms with van der Waals surface area (Å²) in [7, 11) is 3.07. The van der Waals surface area contributed by atoms with Crippen LogP contribution in [0.1, 0.15) is 5.56 Å². The summed E-state index contributed by atoms with van der Waals surface area (Å²) in [4.78, 5) is 6.86. The quantitative estimate of drug-likeness (QED) is 0.337. The highest BCUT2D eigenvalue weighted by atomic mass is 35.5. The molecule has 2 N–H and O–H groups in total. The number of anilines is 2. The van der Waals surface area contributed by atoms with Gasteiger partial charge in [-0.25, -0.2) is 0 Å². The van der Waals surface area contributed by atoms with Gasteiger partial charge in [-0.05, 0) is 18.2 Å². The zero-order valence-corrected chi connectivity index (χ0v) is 22.3. The van der Waals surface area contributed by atoms with Crippen LogP contribution in [0.15, 0.2) is 30.5 Å². The van der Waals surface area contributed by atoms with Crippen LogP contribution in [0.4, 0.5) is 11.4 Å². The average molecular weight is 546 g/mol. The molecule has 0 atom stereocenters. The van der Waals surface area contributed by atoms with Gasteiger partial charge >= 0.3 is 0 Å². The molecule has 9 nitrogen and oxygen atoms in total. The number of nitrogens with one attached hydrogen (secondary N) is 2. The smallest absolute Gasteiger partial charge is 0.187 e. The molecule has 1 aliphatic rings. The van der Waals surface area contributed by atoms with E-state index in [2.05, 4.69) is 26.6 Å². The molecule has 2 aromatic carbocycles. The van der Waals surface area contributed by atoms with E-state index >= 15 is 0 Å². The molecule has 1 saturated heterocycles. The van der Waals surface area contributed by atoms with Crippen LogP contribution in [0.25, 0.3) is 10.9 Å². The Balaban J connectivity index is 1.50. The van der Waals surface area contributed by atoms with Gasteiger partial charge < -0.3 is 29.6 Å². The molecular formula is C26H29Cl2N5O4. The molecule has 0 unspecified atom stereocenters. The van der Waals surface area contributed by atoms with E-state index in [1.165, 1.54) is 13.3 Å². The molecule has 37 heavy (non-hydrogen) atoms. The van der Waals surface area contributed by atoms with Crippen molar-refractivity contribution in [3.63, 3.8) is 0 Å². The Morgan fingerprint density at radius 2 is 1.86 bits per heavy atom. The lowest BCUT2D eigenvalue weighted by Gasteiger charge is -2.26. The summed E-state index contributed by atoms with van der Waals surface area (Å²) in [5.74, 6) is 1.45. The molecule has 0 radical (unpaired) electrons. The standard InChI is InChI=1S/C26H29Cl2N5O4/c1-34-23-14-21(19(27)13-20(23)28)32-24-17(15-29)16-31-25-18(24)3-4-22(26(25)35-2)37-12-11-36-10-9-33-7-5-30-6-8-33/h3-4,13-14,16,30H,5-12H2,1-2H3,(H,31,32). The molecule has 1 aromatic heterocycles. The molecule has 196 valence electrons. The highest BCUT2D eigenvalue weighted by Crippen LogP contribution is 2.41. The van der Waals surface area contributed by atoms with Crippen molar-refractivity contribution in [2.45, 2.75) is 0 Å². The number of benzene rings is 2. The first-order valence-electron chi connectivity index (χ1n) is 11.9. The van der Waals surface area contributed by atoms with Gasteiger partial charge in [-0.15, -0.1) is 0 Å². The second-order valence-electron chi connectivity index (χ2n) is 8.30. The van der Waals surface area contributed by atoms with E-state index in [0.29, 0.717) is 75.0 Å². The number of methoxy groups -OCH3 is 2. The number of nitriles is 1. The normalized spacial score (nSPS) is 13.8.